The highest BCUT2D eigenvalue weighted by atomic mass is 32.1. The molecule has 0 unspecified atom stereocenters. The topological polar surface area (TPSA) is 147 Å². The van der Waals surface area contributed by atoms with Gasteiger partial charge < -0.3 is 21.7 Å². The average Bonchev–Trinajstić information content (AvgIpc) is 3.33. The lowest BCUT2D eigenvalue weighted by Crippen LogP contribution is -2.54. The zero-order chi connectivity index (χ0) is 23.6. The van der Waals surface area contributed by atoms with Crippen LogP contribution in [0, 0.1) is 0 Å². The summed E-state index contributed by atoms with van der Waals surface area (Å²) in [7, 11) is 0. The highest BCUT2D eigenvalue weighted by Crippen LogP contribution is 2.12. The fraction of sp³-hybridized carbons (Fsp3) is 0.409. The first-order valence-electron chi connectivity index (χ1n) is 10.7. The molecule has 2 heterocycles. The van der Waals surface area contributed by atoms with E-state index < -0.39 is 6.04 Å². The number of rotatable bonds is 11. The van der Waals surface area contributed by atoms with Gasteiger partial charge in [-0.3, -0.25) is 24.3 Å². The monoisotopic (exact) mass is 471 g/mol. The molecule has 2 aromatic rings. The summed E-state index contributed by atoms with van der Waals surface area (Å²) in [4.78, 5) is 49.7. The van der Waals surface area contributed by atoms with Crippen molar-refractivity contribution in [3.8, 4) is 0 Å². The molecule has 0 spiro atoms. The molecule has 10 nitrogen and oxygen atoms in total. The minimum Gasteiger partial charge on any atom is -0.370 e. The molecule has 1 aromatic heterocycles. The number of ketones is 1. The van der Waals surface area contributed by atoms with Crippen molar-refractivity contribution in [1.29, 1.82) is 0 Å². The fourth-order valence-corrected chi connectivity index (χ4v) is 4.21. The van der Waals surface area contributed by atoms with Gasteiger partial charge in [-0.1, -0.05) is 30.3 Å². The molecule has 3 rings (SSSR count). The van der Waals surface area contributed by atoms with Crippen molar-refractivity contribution in [2.24, 2.45) is 16.5 Å². The number of aliphatic imine (C=N–C) groups is 1. The first-order chi connectivity index (χ1) is 15.9. The molecule has 1 atom stereocenters. The van der Waals surface area contributed by atoms with Crippen molar-refractivity contribution in [2.75, 3.05) is 32.7 Å². The summed E-state index contributed by atoms with van der Waals surface area (Å²) < 4.78 is 0. The third-order valence-corrected chi connectivity index (χ3v) is 6.01. The lowest BCUT2D eigenvalue weighted by molar-refractivity contribution is -0.140. The van der Waals surface area contributed by atoms with Gasteiger partial charge in [0.1, 0.15) is 0 Å². The molecule has 1 aromatic carbocycles. The van der Waals surface area contributed by atoms with Gasteiger partial charge in [0.25, 0.3) is 0 Å². The summed E-state index contributed by atoms with van der Waals surface area (Å²) >= 11 is 1.22. The van der Waals surface area contributed by atoms with Crippen LogP contribution in [0.15, 0.2) is 46.9 Å². The number of benzene rings is 1. The van der Waals surface area contributed by atoms with Gasteiger partial charge in [0.15, 0.2) is 11.0 Å². The summed E-state index contributed by atoms with van der Waals surface area (Å²) in [6.07, 6.45) is 2.42. The number of piperazine rings is 1. The van der Waals surface area contributed by atoms with E-state index in [-0.39, 0.29) is 36.6 Å². The standard InChI is InChI=1S/C22H29N7O3S/c23-22(24)26-8-4-7-17(20(32)21-25-9-12-33-21)27-18(30)14-29-11-10-28(15-19(29)31)13-16-5-2-1-3-6-16/h1-3,5-6,9,12,17H,4,7-8,10-11,13-15H2,(H,27,30)(H4,23,24,26)/t17-/m1/s1. The smallest absolute Gasteiger partial charge is 0.240 e. The van der Waals surface area contributed by atoms with Crippen molar-refractivity contribution in [3.05, 3.63) is 52.5 Å². The van der Waals surface area contributed by atoms with E-state index in [0.29, 0.717) is 44.0 Å². The predicted molar refractivity (Wildman–Crippen MR) is 127 cm³/mol. The van der Waals surface area contributed by atoms with Crippen molar-refractivity contribution < 1.29 is 14.4 Å². The van der Waals surface area contributed by atoms with Crippen LogP contribution in [0.5, 0.6) is 0 Å². The first-order valence-corrected chi connectivity index (χ1v) is 11.6. The van der Waals surface area contributed by atoms with E-state index in [4.69, 9.17) is 11.5 Å². The number of carbonyl (C=O) groups is 3. The largest absolute Gasteiger partial charge is 0.370 e. The van der Waals surface area contributed by atoms with E-state index >= 15 is 0 Å². The first kappa shape index (κ1) is 24.3. The summed E-state index contributed by atoms with van der Waals surface area (Å²) in [5.74, 6) is -0.770. The number of nitrogens with one attached hydrogen (secondary N) is 1. The number of thiazole rings is 1. The summed E-state index contributed by atoms with van der Waals surface area (Å²) in [6, 6.07) is 9.19. The molecule has 0 radical (unpaired) electrons. The molecule has 1 aliphatic rings. The number of Topliss-reactive ketones (excluding diaryl/α,β-unsaturated/α-hetero) is 1. The summed E-state index contributed by atoms with van der Waals surface area (Å²) in [5, 5.41) is 4.81. The summed E-state index contributed by atoms with van der Waals surface area (Å²) in [6.45, 7) is 2.33. The van der Waals surface area contributed by atoms with Crippen LogP contribution in [0.3, 0.4) is 0 Å². The van der Waals surface area contributed by atoms with Crippen LogP contribution in [-0.2, 0) is 16.1 Å². The van der Waals surface area contributed by atoms with Gasteiger partial charge in [-0.25, -0.2) is 4.98 Å². The number of guanidine groups is 1. The SMILES string of the molecule is NC(N)=NCCC[C@@H](NC(=O)CN1CCN(Cc2ccccc2)CC1=O)C(=O)c1nccs1. The molecule has 0 bridgehead atoms. The van der Waals surface area contributed by atoms with Crippen molar-refractivity contribution in [1.82, 2.24) is 20.1 Å². The normalized spacial score (nSPS) is 15.2. The van der Waals surface area contributed by atoms with Gasteiger partial charge in [-0.2, -0.15) is 0 Å². The van der Waals surface area contributed by atoms with Gasteiger partial charge in [-0.05, 0) is 18.4 Å². The van der Waals surface area contributed by atoms with Gasteiger partial charge in [0.05, 0.1) is 19.1 Å². The number of nitrogens with two attached hydrogens (primary N) is 2. The Morgan fingerprint density at radius 3 is 2.67 bits per heavy atom. The molecule has 1 aliphatic heterocycles. The lowest BCUT2D eigenvalue weighted by atomic mass is 10.1. The van der Waals surface area contributed by atoms with Gasteiger partial charge >= 0.3 is 0 Å². The number of nitrogens with zero attached hydrogens (tertiary/aromatic N) is 4. The van der Waals surface area contributed by atoms with Crippen molar-refractivity contribution in [2.45, 2.75) is 25.4 Å². The van der Waals surface area contributed by atoms with E-state index in [1.54, 1.807) is 11.6 Å². The molecule has 1 fully saturated rings. The lowest BCUT2D eigenvalue weighted by Gasteiger charge is -2.34. The van der Waals surface area contributed by atoms with Crippen LogP contribution in [0.4, 0.5) is 0 Å². The number of amides is 2. The second kappa shape index (κ2) is 12.1. The Morgan fingerprint density at radius 1 is 1.21 bits per heavy atom. The fourth-order valence-electron chi connectivity index (χ4n) is 3.58. The van der Waals surface area contributed by atoms with E-state index in [0.717, 1.165) is 5.56 Å². The molecule has 2 amide bonds. The van der Waals surface area contributed by atoms with Crippen LogP contribution in [0.25, 0.3) is 0 Å². The minimum absolute atomic E-state index is 0.0215. The Balaban J connectivity index is 1.52. The molecule has 11 heteroatoms. The van der Waals surface area contributed by atoms with E-state index in [1.807, 2.05) is 30.3 Å². The highest BCUT2D eigenvalue weighted by Gasteiger charge is 2.28. The minimum atomic E-state index is -0.757. The van der Waals surface area contributed by atoms with E-state index in [1.165, 1.54) is 16.2 Å². The second-order valence-corrected chi connectivity index (χ2v) is 8.68. The van der Waals surface area contributed by atoms with Crippen LogP contribution in [0.1, 0.15) is 28.2 Å². The van der Waals surface area contributed by atoms with Crippen LogP contribution in [-0.4, -0.2) is 77.1 Å². The van der Waals surface area contributed by atoms with Crippen molar-refractivity contribution in [3.63, 3.8) is 0 Å². The van der Waals surface area contributed by atoms with Gasteiger partial charge in [0.2, 0.25) is 17.6 Å². The maximum atomic E-state index is 12.8. The number of aromatic nitrogens is 1. The molecule has 1 saturated heterocycles. The number of hydrogen-bond acceptors (Lipinski definition) is 7. The van der Waals surface area contributed by atoms with Gasteiger partial charge in [-0.15, -0.1) is 11.3 Å². The van der Waals surface area contributed by atoms with E-state index in [9.17, 15) is 14.4 Å². The van der Waals surface area contributed by atoms with Crippen molar-refractivity contribution >= 4 is 34.9 Å². The zero-order valence-corrected chi connectivity index (χ0v) is 19.2. The third-order valence-electron chi connectivity index (χ3n) is 5.22. The Labute approximate surface area is 196 Å². The Morgan fingerprint density at radius 2 is 2.00 bits per heavy atom. The van der Waals surface area contributed by atoms with E-state index in [2.05, 4.69) is 20.2 Å². The molecule has 5 N–H and O–H groups in total. The molecular formula is C22H29N7O3S. The summed E-state index contributed by atoms with van der Waals surface area (Å²) in [5.41, 5.74) is 11.8. The van der Waals surface area contributed by atoms with Crippen LogP contribution < -0.4 is 16.8 Å². The molecule has 0 saturated carbocycles. The Bertz CT molecular complexity index is 962. The second-order valence-electron chi connectivity index (χ2n) is 7.78. The number of hydrogen-bond donors (Lipinski definition) is 3. The van der Waals surface area contributed by atoms with Crippen LogP contribution >= 0.6 is 11.3 Å². The Hall–Kier alpha value is -3.31. The molecule has 176 valence electrons. The molecular weight excluding hydrogens is 442 g/mol. The average molecular weight is 472 g/mol. The zero-order valence-electron chi connectivity index (χ0n) is 18.4. The van der Waals surface area contributed by atoms with Gasteiger partial charge in [0, 0.05) is 37.8 Å². The highest BCUT2D eigenvalue weighted by molar-refractivity contribution is 7.11. The Kier molecular flexibility index (Phi) is 8.90. The van der Waals surface area contributed by atoms with Crippen LogP contribution in [0.2, 0.25) is 0 Å². The maximum absolute atomic E-state index is 12.8. The number of carbonyl (C=O) groups excluding carboxylic acids is 3. The maximum Gasteiger partial charge on any atom is 0.240 e. The predicted octanol–water partition coefficient (Wildman–Crippen LogP) is 0.209. The molecule has 0 aliphatic carbocycles. The molecule has 33 heavy (non-hydrogen) atoms. The quantitative estimate of drug-likeness (QED) is 0.184. The third kappa shape index (κ3) is 7.65.